The first-order valence-corrected chi connectivity index (χ1v) is 5.14. The summed E-state index contributed by atoms with van der Waals surface area (Å²) in [7, 11) is 0. The lowest BCUT2D eigenvalue weighted by molar-refractivity contribution is 0.0238. The second-order valence-electron chi connectivity index (χ2n) is 3.08. The number of alkyl halides is 1. The molecule has 0 radical (unpaired) electrons. The highest BCUT2D eigenvalue weighted by molar-refractivity contribution is 9.09. The molecule has 0 spiro atoms. The van der Waals surface area contributed by atoms with Crippen LogP contribution in [0, 0.1) is 5.92 Å². The van der Waals surface area contributed by atoms with E-state index >= 15 is 0 Å². The molecule has 1 saturated carbocycles. The summed E-state index contributed by atoms with van der Waals surface area (Å²) in [4.78, 5) is 0. The molecule has 2 unspecified atom stereocenters. The van der Waals surface area contributed by atoms with E-state index in [1.165, 1.54) is 25.7 Å². The molecule has 1 aliphatic carbocycles. The molecule has 1 rings (SSSR count). The minimum atomic E-state index is 0.521. The Hall–Kier alpha value is 0.440. The van der Waals surface area contributed by atoms with Gasteiger partial charge in [-0.1, -0.05) is 35.7 Å². The molecule has 1 fully saturated rings. The lowest BCUT2D eigenvalue weighted by Crippen LogP contribution is -2.24. The first-order chi connectivity index (χ1) is 4.84. The predicted octanol–water partition coefficient (Wildman–Crippen LogP) is 2.93. The molecule has 1 aliphatic rings. The lowest BCUT2D eigenvalue weighted by atomic mass is 9.88. The monoisotopic (exact) mass is 206 g/mol. The van der Waals surface area contributed by atoms with Gasteiger partial charge < -0.3 is 4.74 Å². The van der Waals surface area contributed by atoms with Crippen molar-refractivity contribution in [3.63, 3.8) is 0 Å². The maximum absolute atomic E-state index is 5.51. The SMILES string of the molecule is CC1CCCCC1OCBr. The summed E-state index contributed by atoms with van der Waals surface area (Å²) in [6.07, 6.45) is 5.86. The zero-order valence-electron chi connectivity index (χ0n) is 6.48. The minimum absolute atomic E-state index is 0.521. The van der Waals surface area contributed by atoms with Gasteiger partial charge in [0.2, 0.25) is 0 Å². The highest BCUT2D eigenvalue weighted by Crippen LogP contribution is 2.26. The van der Waals surface area contributed by atoms with Gasteiger partial charge in [-0.05, 0) is 18.8 Å². The molecule has 0 amide bonds. The van der Waals surface area contributed by atoms with Crippen LogP contribution in [0.25, 0.3) is 0 Å². The highest BCUT2D eigenvalue weighted by atomic mass is 79.9. The van der Waals surface area contributed by atoms with Crippen molar-refractivity contribution in [3.8, 4) is 0 Å². The van der Waals surface area contributed by atoms with Crippen LogP contribution in [0.15, 0.2) is 0 Å². The molecule has 0 saturated heterocycles. The Morgan fingerprint density at radius 2 is 2.10 bits per heavy atom. The number of ether oxygens (including phenoxy) is 1. The molecule has 0 aromatic heterocycles. The van der Waals surface area contributed by atoms with Gasteiger partial charge in [-0.2, -0.15) is 0 Å². The highest BCUT2D eigenvalue weighted by Gasteiger charge is 2.20. The van der Waals surface area contributed by atoms with Crippen molar-refractivity contribution in [2.24, 2.45) is 5.92 Å². The van der Waals surface area contributed by atoms with E-state index in [0.717, 1.165) is 5.92 Å². The maximum Gasteiger partial charge on any atom is 0.102 e. The third-order valence-electron chi connectivity index (χ3n) is 2.31. The van der Waals surface area contributed by atoms with Gasteiger partial charge in [-0.15, -0.1) is 0 Å². The first-order valence-electron chi connectivity index (χ1n) is 4.02. The summed E-state index contributed by atoms with van der Waals surface area (Å²) in [5.41, 5.74) is 0.696. The van der Waals surface area contributed by atoms with Crippen LogP contribution in [0.3, 0.4) is 0 Å². The van der Waals surface area contributed by atoms with Crippen molar-refractivity contribution in [2.75, 3.05) is 5.52 Å². The van der Waals surface area contributed by atoms with Gasteiger partial charge in [-0.25, -0.2) is 0 Å². The molecule has 2 heteroatoms. The van der Waals surface area contributed by atoms with Crippen LogP contribution in [0.1, 0.15) is 32.6 Å². The van der Waals surface area contributed by atoms with Gasteiger partial charge in [0.25, 0.3) is 0 Å². The Balaban J connectivity index is 2.25. The Bertz CT molecular complexity index is 93.3. The van der Waals surface area contributed by atoms with Crippen molar-refractivity contribution >= 4 is 15.9 Å². The molecule has 0 N–H and O–H groups in total. The fourth-order valence-electron chi connectivity index (χ4n) is 1.61. The van der Waals surface area contributed by atoms with E-state index in [1.807, 2.05) is 0 Å². The van der Waals surface area contributed by atoms with Crippen LogP contribution < -0.4 is 0 Å². The van der Waals surface area contributed by atoms with Gasteiger partial charge in [0.05, 0.1) is 6.10 Å². The smallest absolute Gasteiger partial charge is 0.102 e. The van der Waals surface area contributed by atoms with Crippen molar-refractivity contribution in [2.45, 2.75) is 38.7 Å². The van der Waals surface area contributed by atoms with Gasteiger partial charge >= 0.3 is 0 Å². The molecule has 0 heterocycles. The molecule has 60 valence electrons. The summed E-state index contributed by atoms with van der Waals surface area (Å²) in [5, 5.41) is 0. The molecule has 0 bridgehead atoms. The van der Waals surface area contributed by atoms with E-state index < -0.39 is 0 Å². The molecule has 10 heavy (non-hydrogen) atoms. The van der Waals surface area contributed by atoms with E-state index in [2.05, 4.69) is 22.9 Å². The summed E-state index contributed by atoms with van der Waals surface area (Å²) in [5.74, 6) is 0.770. The van der Waals surface area contributed by atoms with Crippen molar-refractivity contribution < 1.29 is 4.74 Å². The predicted molar refractivity (Wildman–Crippen MR) is 46.3 cm³/mol. The van der Waals surface area contributed by atoms with Crippen LogP contribution in [-0.2, 0) is 4.74 Å². The molecule has 1 nitrogen and oxygen atoms in total. The average molecular weight is 207 g/mol. The van der Waals surface area contributed by atoms with Gasteiger partial charge in [0.15, 0.2) is 0 Å². The third-order valence-corrected chi connectivity index (χ3v) is 2.57. The number of hydrogen-bond donors (Lipinski definition) is 0. The van der Waals surface area contributed by atoms with Crippen LogP contribution >= 0.6 is 15.9 Å². The Morgan fingerprint density at radius 1 is 1.40 bits per heavy atom. The van der Waals surface area contributed by atoms with Crippen molar-refractivity contribution in [1.82, 2.24) is 0 Å². The molecular formula is C8H15BrO. The molecule has 0 aromatic rings. The second kappa shape index (κ2) is 4.35. The zero-order chi connectivity index (χ0) is 7.40. The molecular weight excluding hydrogens is 192 g/mol. The van der Waals surface area contributed by atoms with Crippen LogP contribution in [0.4, 0.5) is 0 Å². The normalized spacial score (nSPS) is 34.2. The quantitative estimate of drug-likeness (QED) is 0.632. The number of halogens is 1. The molecule has 0 aliphatic heterocycles. The van der Waals surface area contributed by atoms with Crippen LogP contribution in [-0.4, -0.2) is 11.6 Å². The van der Waals surface area contributed by atoms with Gasteiger partial charge in [0.1, 0.15) is 5.52 Å². The molecule has 0 aromatic carbocycles. The largest absolute Gasteiger partial charge is 0.367 e. The van der Waals surface area contributed by atoms with E-state index in [0.29, 0.717) is 11.6 Å². The summed E-state index contributed by atoms with van der Waals surface area (Å²) >= 11 is 3.29. The number of hydrogen-bond acceptors (Lipinski definition) is 1. The van der Waals surface area contributed by atoms with E-state index in [9.17, 15) is 0 Å². The fourth-order valence-corrected chi connectivity index (χ4v) is 1.95. The maximum atomic E-state index is 5.51. The second-order valence-corrected chi connectivity index (χ2v) is 3.53. The standard InChI is InChI=1S/C8H15BrO/c1-7-4-2-3-5-8(7)10-6-9/h7-8H,2-6H2,1H3. The van der Waals surface area contributed by atoms with E-state index in [-0.39, 0.29) is 0 Å². The summed E-state index contributed by atoms with van der Waals surface area (Å²) in [6.45, 7) is 2.28. The van der Waals surface area contributed by atoms with Crippen LogP contribution in [0.2, 0.25) is 0 Å². The Morgan fingerprint density at radius 3 is 2.70 bits per heavy atom. The molecule has 2 atom stereocenters. The zero-order valence-corrected chi connectivity index (χ0v) is 8.06. The first kappa shape index (κ1) is 8.54. The average Bonchev–Trinajstić information content (AvgIpc) is 1.94. The van der Waals surface area contributed by atoms with Crippen LogP contribution in [0.5, 0.6) is 0 Å². The topological polar surface area (TPSA) is 9.23 Å². The fraction of sp³-hybridized carbons (Fsp3) is 1.00. The lowest BCUT2D eigenvalue weighted by Gasteiger charge is -2.27. The van der Waals surface area contributed by atoms with Gasteiger partial charge in [0, 0.05) is 0 Å². The van der Waals surface area contributed by atoms with Crippen molar-refractivity contribution in [1.29, 1.82) is 0 Å². The Labute approximate surface area is 71.3 Å². The third kappa shape index (κ3) is 2.24. The van der Waals surface area contributed by atoms with E-state index in [4.69, 9.17) is 4.74 Å². The van der Waals surface area contributed by atoms with E-state index in [1.54, 1.807) is 0 Å². The van der Waals surface area contributed by atoms with Crippen molar-refractivity contribution in [3.05, 3.63) is 0 Å². The minimum Gasteiger partial charge on any atom is -0.367 e. The van der Waals surface area contributed by atoms with Gasteiger partial charge in [-0.3, -0.25) is 0 Å². The number of rotatable bonds is 2. The summed E-state index contributed by atoms with van der Waals surface area (Å²) < 4.78 is 5.51. The summed E-state index contributed by atoms with van der Waals surface area (Å²) in [6, 6.07) is 0. The Kier molecular flexibility index (Phi) is 3.71.